The molecule has 4 aromatic carbocycles. The number of benzene rings is 4. The van der Waals surface area contributed by atoms with Crippen LogP contribution in [0.15, 0.2) is 70.5 Å². The molecule has 4 N–H and O–H groups in total. The summed E-state index contributed by atoms with van der Waals surface area (Å²) in [6, 6.07) is 14.7. The van der Waals surface area contributed by atoms with Crippen LogP contribution in [-0.2, 0) is 0 Å². The average Bonchev–Trinajstić information content (AvgIpc) is 2.84. The van der Waals surface area contributed by atoms with Crippen LogP contribution in [0.3, 0.4) is 0 Å². The number of non-ortho nitro benzene ring substituents is 2. The second-order valence-corrected chi connectivity index (χ2v) is 10.3. The van der Waals surface area contributed by atoms with Gasteiger partial charge in [0.1, 0.15) is 0 Å². The van der Waals surface area contributed by atoms with Crippen molar-refractivity contribution in [2.75, 3.05) is 11.5 Å². The summed E-state index contributed by atoms with van der Waals surface area (Å²) in [6.07, 6.45) is 0. The van der Waals surface area contributed by atoms with E-state index in [0.717, 1.165) is 0 Å². The topological polar surface area (TPSA) is 138 Å². The standard InChI is InChI=1S/C24H14Cl4N4O4S/c25-15-5-7-19(23(29)21(15)13-3-1-11(31(33)34)9-17(13)27)37-20-8-6-16(26)22(24(20)30)14-4-2-12(32(35)36)10-18(14)28/h1-10H,29-30H2. The second kappa shape index (κ2) is 10.6. The number of rotatable bonds is 6. The number of anilines is 2. The first-order chi connectivity index (χ1) is 17.5. The van der Waals surface area contributed by atoms with Gasteiger partial charge in [0.15, 0.2) is 0 Å². The molecule has 0 aliphatic rings. The van der Waals surface area contributed by atoms with Gasteiger partial charge in [-0.3, -0.25) is 20.2 Å². The van der Waals surface area contributed by atoms with Crippen molar-refractivity contribution in [1.29, 1.82) is 0 Å². The Morgan fingerprint density at radius 1 is 0.595 bits per heavy atom. The van der Waals surface area contributed by atoms with E-state index in [2.05, 4.69) is 0 Å². The van der Waals surface area contributed by atoms with Crippen LogP contribution in [0.2, 0.25) is 20.1 Å². The van der Waals surface area contributed by atoms with Crippen molar-refractivity contribution in [3.05, 3.63) is 101 Å². The van der Waals surface area contributed by atoms with Gasteiger partial charge in [-0.15, -0.1) is 0 Å². The minimum atomic E-state index is -0.551. The highest BCUT2D eigenvalue weighted by Gasteiger charge is 2.21. The number of halogens is 4. The maximum absolute atomic E-state index is 11.1. The third kappa shape index (κ3) is 5.27. The van der Waals surface area contributed by atoms with Gasteiger partial charge >= 0.3 is 0 Å². The summed E-state index contributed by atoms with van der Waals surface area (Å²) in [7, 11) is 0. The maximum atomic E-state index is 11.1. The first kappa shape index (κ1) is 26.8. The van der Waals surface area contributed by atoms with Gasteiger partial charge in [-0.25, -0.2) is 0 Å². The van der Waals surface area contributed by atoms with Crippen molar-refractivity contribution in [2.45, 2.75) is 9.79 Å². The third-order valence-corrected chi connectivity index (χ3v) is 7.80. The molecule has 0 fully saturated rings. The van der Waals surface area contributed by atoms with E-state index >= 15 is 0 Å². The largest absolute Gasteiger partial charge is 0.397 e. The van der Waals surface area contributed by atoms with Gasteiger partial charge in [-0.05, 0) is 36.4 Å². The number of nitro groups is 2. The van der Waals surface area contributed by atoms with Crippen LogP contribution in [-0.4, -0.2) is 9.85 Å². The highest BCUT2D eigenvalue weighted by molar-refractivity contribution is 7.99. The minimum absolute atomic E-state index is 0.117. The van der Waals surface area contributed by atoms with Crippen LogP contribution in [0.5, 0.6) is 0 Å². The van der Waals surface area contributed by atoms with E-state index in [1.165, 1.54) is 48.2 Å². The van der Waals surface area contributed by atoms with Crippen LogP contribution >= 0.6 is 58.2 Å². The zero-order valence-corrected chi connectivity index (χ0v) is 22.2. The van der Waals surface area contributed by atoms with Gasteiger partial charge in [-0.1, -0.05) is 58.2 Å². The zero-order chi connectivity index (χ0) is 27.0. The Balaban J connectivity index is 1.78. The molecule has 0 atom stereocenters. The lowest BCUT2D eigenvalue weighted by atomic mass is 10.0. The smallest absolute Gasteiger partial charge is 0.270 e. The highest BCUT2D eigenvalue weighted by atomic mass is 35.5. The molecule has 0 unspecified atom stereocenters. The summed E-state index contributed by atoms with van der Waals surface area (Å²) in [5.74, 6) is 0. The van der Waals surface area contributed by atoms with Crippen molar-refractivity contribution < 1.29 is 9.85 Å². The van der Waals surface area contributed by atoms with Crippen LogP contribution < -0.4 is 11.5 Å². The predicted molar refractivity (Wildman–Crippen MR) is 150 cm³/mol. The third-order valence-electron chi connectivity index (χ3n) is 5.39. The number of nitrogens with two attached hydrogens (primary N) is 2. The molecule has 8 nitrogen and oxygen atoms in total. The van der Waals surface area contributed by atoms with Crippen molar-refractivity contribution in [1.82, 2.24) is 0 Å². The molecular formula is C24H14Cl4N4O4S. The van der Waals surface area contributed by atoms with E-state index in [0.29, 0.717) is 42.1 Å². The van der Waals surface area contributed by atoms with Gasteiger partial charge < -0.3 is 11.5 Å². The summed E-state index contributed by atoms with van der Waals surface area (Å²) in [5, 5.41) is 23.0. The molecule has 0 amide bonds. The lowest BCUT2D eigenvalue weighted by Gasteiger charge is -2.17. The monoisotopic (exact) mass is 594 g/mol. The Morgan fingerprint density at radius 2 is 0.973 bits per heavy atom. The molecule has 0 heterocycles. The summed E-state index contributed by atoms with van der Waals surface area (Å²) < 4.78 is 0. The molecule has 4 aromatic rings. The number of hydrogen-bond donors (Lipinski definition) is 2. The normalized spacial score (nSPS) is 10.9. The zero-order valence-electron chi connectivity index (χ0n) is 18.4. The molecule has 0 radical (unpaired) electrons. The lowest BCUT2D eigenvalue weighted by Crippen LogP contribution is -1.98. The van der Waals surface area contributed by atoms with E-state index in [1.807, 2.05) is 0 Å². The summed E-state index contributed by atoms with van der Waals surface area (Å²) in [6.45, 7) is 0. The fourth-order valence-corrected chi connectivity index (χ4v) is 5.64. The highest BCUT2D eigenvalue weighted by Crippen LogP contribution is 2.48. The van der Waals surface area contributed by atoms with Gasteiger partial charge in [0, 0.05) is 56.3 Å². The molecule has 4 rings (SSSR count). The molecular weight excluding hydrogens is 582 g/mol. The van der Waals surface area contributed by atoms with E-state index in [9.17, 15) is 20.2 Å². The number of nitrogens with zero attached hydrogens (tertiary/aromatic N) is 2. The molecule has 0 saturated carbocycles. The Bertz CT molecular complexity index is 1480. The maximum Gasteiger partial charge on any atom is 0.270 e. The second-order valence-electron chi connectivity index (χ2n) is 7.61. The van der Waals surface area contributed by atoms with Crippen LogP contribution in [0.25, 0.3) is 22.3 Å². The summed E-state index contributed by atoms with van der Waals surface area (Å²) in [4.78, 5) is 22.2. The van der Waals surface area contributed by atoms with Crippen molar-refractivity contribution >= 4 is 80.9 Å². The molecule has 0 aliphatic heterocycles. The van der Waals surface area contributed by atoms with Crippen molar-refractivity contribution in [3.8, 4) is 22.3 Å². The molecule has 13 heteroatoms. The van der Waals surface area contributed by atoms with Gasteiger partial charge in [0.05, 0.1) is 41.3 Å². The van der Waals surface area contributed by atoms with E-state index in [1.54, 1.807) is 24.3 Å². The molecule has 188 valence electrons. The Hall–Kier alpha value is -3.21. The van der Waals surface area contributed by atoms with Crippen molar-refractivity contribution in [3.63, 3.8) is 0 Å². The van der Waals surface area contributed by atoms with E-state index in [-0.39, 0.29) is 32.8 Å². The fraction of sp³-hybridized carbons (Fsp3) is 0. The molecule has 0 aliphatic carbocycles. The Kier molecular flexibility index (Phi) is 7.72. The molecule has 0 bridgehead atoms. The Morgan fingerprint density at radius 3 is 1.30 bits per heavy atom. The van der Waals surface area contributed by atoms with E-state index in [4.69, 9.17) is 57.9 Å². The average molecular weight is 596 g/mol. The number of nitro benzene ring substituents is 2. The van der Waals surface area contributed by atoms with Gasteiger partial charge in [0.25, 0.3) is 11.4 Å². The number of nitrogen functional groups attached to an aromatic ring is 2. The Labute approximate surface area is 234 Å². The molecule has 0 spiro atoms. The van der Waals surface area contributed by atoms with Gasteiger partial charge in [0.2, 0.25) is 0 Å². The molecule has 0 saturated heterocycles. The number of hydrogen-bond acceptors (Lipinski definition) is 7. The first-order valence-electron chi connectivity index (χ1n) is 10.2. The molecule has 37 heavy (non-hydrogen) atoms. The first-order valence-corrected chi connectivity index (χ1v) is 12.5. The fourth-order valence-electron chi connectivity index (χ4n) is 3.63. The summed E-state index contributed by atoms with van der Waals surface area (Å²) in [5.41, 5.74) is 14.9. The lowest BCUT2D eigenvalue weighted by molar-refractivity contribution is -0.385. The van der Waals surface area contributed by atoms with Gasteiger partial charge in [-0.2, -0.15) is 0 Å². The van der Waals surface area contributed by atoms with Crippen LogP contribution in [0.4, 0.5) is 22.7 Å². The predicted octanol–water partition coefficient (Wildman–Crippen LogP) is 8.77. The quantitative estimate of drug-likeness (QED) is 0.129. The minimum Gasteiger partial charge on any atom is -0.397 e. The molecule has 0 aromatic heterocycles. The van der Waals surface area contributed by atoms with Crippen LogP contribution in [0, 0.1) is 20.2 Å². The van der Waals surface area contributed by atoms with E-state index < -0.39 is 9.85 Å². The summed E-state index contributed by atoms with van der Waals surface area (Å²) >= 11 is 26.8. The SMILES string of the molecule is Nc1c(Sc2ccc(Cl)c(-c3ccc([N+](=O)[O-])cc3Cl)c2N)ccc(Cl)c1-c1ccc([N+](=O)[O-])cc1Cl. The van der Waals surface area contributed by atoms with Crippen molar-refractivity contribution in [2.24, 2.45) is 0 Å². The van der Waals surface area contributed by atoms with Crippen LogP contribution in [0.1, 0.15) is 0 Å².